The quantitative estimate of drug-likeness (QED) is 0.788. The maximum Gasteiger partial charge on any atom is 0.324 e. The average molecular weight is 241 g/mol. The third kappa shape index (κ3) is 2.63. The molecule has 3 atom stereocenters. The Morgan fingerprint density at radius 2 is 2.24 bits per heavy atom. The smallest absolute Gasteiger partial charge is 0.324 e. The molecule has 4 heteroatoms. The molecule has 3 unspecified atom stereocenters. The summed E-state index contributed by atoms with van der Waals surface area (Å²) in [6, 6.07) is 0. The van der Waals surface area contributed by atoms with Crippen LogP contribution in [0.2, 0.25) is 0 Å². The first-order valence-corrected chi connectivity index (χ1v) is 6.75. The molecule has 17 heavy (non-hydrogen) atoms. The Morgan fingerprint density at radius 3 is 2.82 bits per heavy atom. The van der Waals surface area contributed by atoms with Crippen molar-refractivity contribution in [2.75, 3.05) is 13.2 Å². The van der Waals surface area contributed by atoms with Gasteiger partial charge in [0.1, 0.15) is 5.54 Å². The fourth-order valence-corrected chi connectivity index (χ4v) is 3.10. The van der Waals surface area contributed by atoms with Gasteiger partial charge in [-0.15, -0.1) is 0 Å². The summed E-state index contributed by atoms with van der Waals surface area (Å²) in [6.45, 7) is 3.55. The molecule has 98 valence electrons. The van der Waals surface area contributed by atoms with E-state index in [2.05, 4.69) is 12.2 Å². The first-order valence-electron chi connectivity index (χ1n) is 6.75. The highest BCUT2D eigenvalue weighted by molar-refractivity contribution is 5.79. The van der Waals surface area contributed by atoms with Gasteiger partial charge in [-0.05, 0) is 31.6 Å². The van der Waals surface area contributed by atoms with Crippen molar-refractivity contribution in [3.63, 3.8) is 0 Å². The Morgan fingerprint density at radius 1 is 1.41 bits per heavy atom. The van der Waals surface area contributed by atoms with Crippen LogP contribution >= 0.6 is 0 Å². The molecular formula is C13H23NO3. The lowest BCUT2D eigenvalue weighted by Crippen LogP contribution is -2.59. The van der Waals surface area contributed by atoms with E-state index in [4.69, 9.17) is 4.74 Å². The molecule has 2 rings (SSSR count). The van der Waals surface area contributed by atoms with E-state index in [0.29, 0.717) is 6.54 Å². The van der Waals surface area contributed by atoms with Crippen LogP contribution in [0, 0.1) is 5.92 Å². The fraction of sp³-hybridized carbons (Fsp3) is 0.923. The lowest BCUT2D eigenvalue weighted by molar-refractivity contribution is -0.149. The Balaban J connectivity index is 1.97. The van der Waals surface area contributed by atoms with Gasteiger partial charge < -0.3 is 9.84 Å². The van der Waals surface area contributed by atoms with Crippen molar-refractivity contribution in [2.24, 2.45) is 5.92 Å². The monoisotopic (exact) mass is 241 g/mol. The second-order valence-corrected chi connectivity index (χ2v) is 5.44. The van der Waals surface area contributed by atoms with Crippen molar-refractivity contribution >= 4 is 5.97 Å². The van der Waals surface area contributed by atoms with Crippen molar-refractivity contribution < 1.29 is 14.6 Å². The van der Waals surface area contributed by atoms with Crippen LogP contribution in [0.4, 0.5) is 0 Å². The molecule has 0 bridgehead atoms. The Bertz CT molecular complexity index is 276. The first-order chi connectivity index (χ1) is 8.15. The molecular weight excluding hydrogens is 218 g/mol. The van der Waals surface area contributed by atoms with Gasteiger partial charge >= 0.3 is 5.97 Å². The summed E-state index contributed by atoms with van der Waals surface area (Å²) in [5.41, 5.74) is -0.718. The van der Waals surface area contributed by atoms with Crippen molar-refractivity contribution in [3.8, 4) is 0 Å². The fourth-order valence-electron chi connectivity index (χ4n) is 3.10. The number of nitrogens with one attached hydrogen (secondary N) is 1. The number of hydrogen-bond acceptors (Lipinski definition) is 3. The van der Waals surface area contributed by atoms with Crippen molar-refractivity contribution in [2.45, 2.75) is 57.1 Å². The molecule has 0 spiro atoms. The van der Waals surface area contributed by atoms with Gasteiger partial charge in [0, 0.05) is 13.2 Å². The van der Waals surface area contributed by atoms with E-state index in [1.165, 1.54) is 0 Å². The highest BCUT2D eigenvalue weighted by Gasteiger charge is 2.45. The Hall–Kier alpha value is -0.610. The minimum absolute atomic E-state index is 0.204. The van der Waals surface area contributed by atoms with E-state index in [0.717, 1.165) is 45.1 Å². The van der Waals surface area contributed by atoms with Crippen molar-refractivity contribution in [1.82, 2.24) is 5.32 Å². The molecule has 1 heterocycles. The summed E-state index contributed by atoms with van der Waals surface area (Å²) < 4.78 is 5.55. The molecule has 2 aliphatic rings. The minimum Gasteiger partial charge on any atom is -0.480 e. The predicted molar refractivity (Wildman–Crippen MR) is 65.0 cm³/mol. The van der Waals surface area contributed by atoms with E-state index in [1.807, 2.05) is 0 Å². The van der Waals surface area contributed by atoms with Gasteiger partial charge in [0.05, 0.1) is 6.10 Å². The third-order valence-corrected chi connectivity index (χ3v) is 4.35. The van der Waals surface area contributed by atoms with Crippen LogP contribution in [0.5, 0.6) is 0 Å². The maximum atomic E-state index is 11.6. The summed E-state index contributed by atoms with van der Waals surface area (Å²) in [4.78, 5) is 11.6. The van der Waals surface area contributed by atoms with Gasteiger partial charge in [0.2, 0.25) is 0 Å². The van der Waals surface area contributed by atoms with Gasteiger partial charge in [-0.25, -0.2) is 0 Å². The topological polar surface area (TPSA) is 58.6 Å². The van der Waals surface area contributed by atoms with Crippen LogP contribution in [0.15, 0.2) is 0 Å². The van der Waals surface area contributed by atoms with E-state index in [1.54, 1.807) is 0 Å². The molecule has 1 saturated heterocycles. The van der Waals surface area contributed by atoms with Crippen LogP contribution in [0.3, 0.4) is 0 Å². The molecule has 2 fully saturated rings. The standard InChI is InChI=1S/C13H23NO3/c1-10-5-2-3-7-13(10,12(15)16)14-9-11-6-4-8-17-11/h10-11,14H,2-9H2,1H3,(H,15,16). The van der Waals surface area contributed by atoms with E-state index < -0.39 is 11.5 Å². The molecule has 2 N–H and O–H groups in total. The van der Waals surface area contributed by atoms with Crippen LogP contribution in [-0.4, -0.2) is 35.9 Å². The summed E-state index contributed by atoms with van der Waals surface area (Å²) in [5, 5.41) is 12.8. The van der Waals surface area contributed by atoms with Crippen molar-refractivity contribution in [1.29, 1.82) is 0 Å². The van der Waals surface area contributed by atoms with Crippen LogP contribution in [0.1, 0.15) is 45.4 Å². The number of carboxylic acids is 1. The second-order valence-electron chi connectivity index (χ2n) is 5.44. The predicted octanol–water partition coefficient (Wildman–Crippen LogP) is 1.79. The van der Waals surface area contributed by atoms with Gasteiger partial charge in [0.15, 0.2) is 0 Å². The van der Waals surface area contributed by atoms with E-state index in [-0.39, 0.29) is 12.0 Å². The van der Waals surface area contributed by atoms with Gasteiger partial charge in [-0.3, -0.25) is 10.1 Å². The summed E-state index contributed by atoms with van der Waals surface area (Å²) in [7, 11) is 0. The number of aliphatic carboxylic acids is 1. The lowest BCUT2D eigenvalue weighted by atomic mass is 9.73. The zero-order valence-corrected chi connectivity index (χ0v) is 10.6. The minimum atomic E-state index is -0.718. The summed E-state index contributed by atoms with van der Waals surface area (Å²) in [5.74, 6) is -0.488. The molecule has 0 amide bonds. The summed E-state index contributed by atoms with van der Waals surface area (Å²) in [6.07, 6.45) is 6.27. The molecule has 4 nitrogen and oxygen atoms in total. The lowest BCUT2D eigenvalue weighted by Gasteiger charge is -2.40. The molecule has 0 radical (unpaired) electrons. The maximum absolute atomic E-state index is 11.6. The largest absolute Gasteiger partial charge is 0.480 e. The molecule has 0 aromatic heterocycles. The number of ether oxygens (including phenoxy) is 1. The van der Waals surface area contributed by atoms with Gasteiger partial charge in [-0.1, -0.05) is 19.8 Å². The van der Waals surface area contributed by atoms with Crippen LogP contribution in [-0.2, 0) is 9.53 Å². The normalized spacial score (nSPS) is 38.2. The molecule has 1 aliphatic heterocycles. The van der Waals surface area contributed by atoms with Gasteiger partial charge in [0.25, 0.3) is 0 Å². The Kier molecular flexibility index (Phi) is 4.05. The molecule has 0 aromatic carbocycles. The zero-order chi connectivity index (χ0) is 12.3. The SMILES string of the molecule is CC1CCCCC1(NCC1CCCO1)C(=O)O. The average Bonchev–Trinajstić information content (AvgIpc) is 2.81. The summed E-state index contributed by atoms with van der Waals surface area (Å²) >= 11 is 0. The third-order valence-electron chi connectivity index (χ3n) is 4.35. The molecule has 1 aliphatic carbocycles. The van der Waals surface area contributed by atoms with Gasteiger partial charge in [-0.2, -0.15) is 0 Å². The molecule has 1 saturated carbocycles. The van der Waals surface area contributed by atoms with Crippen LogP contribution in [0.25, 0.3) is 0 Å². The highest BCUT2D eigenvalue weighted by atomic mass is 16.5. The number of rotatable bonds is 4. The van der Waals surface area contributed by atoms with E-state index in [9.17, 15) is 9.90 Å². The number of hydrogen-bond donors (Lipinski definition) is 2. The zero-order valence-electron chi connectivity index (χ0n) is 10.6. The highest BCUT2D eigenvalue weighted by Crippen LogP contribution is 2.34. The molecule has 0 aromatic rings. The number of carbonyl (C=O) groups is 1. The Labute approximate surface area is 103 Å². The van der Waals surface area contributed by atoms with Crippen LogP contribution < -0.4 is 5.32 Å². The van der Waals surface area contributed by atoms with Crippen molar-refractivity contribution in [3.05, 3.63) is 0 Å². The second kappa shape index (κ2) is 5.36. The first kappa shape index (κ1) is 12.8. The van der Waals surface area contributed by atoms with E-state index >= 15 is 0 Å². The number of carboxylic acid groups (broad SMARTS) is 1.